The molecule has 0 aliphatic rings. The number of benzene rings is 1. The first-order chi connectivity index (χ1) is 9.69. The fourth-order valence-corrected chi connectivity index (χ4v) is 2.82. The molecule has 20 heavy (non-hydrogen) atoms. The predicted molar refractivity (Wildman–Crippen MR) is 81.1 cm³/mol. The Morgan fingerprint density at radius 2 is 2.10 bits per heavy atom. The van der Waals surface area contributed by atoms with E-state index in [1.54, 1.807) is 0 Å². The summed E-state index contributed by atoms with van der Waals surface area (Å²) in [5.41, 5.74) is 7.43. The molecule has 2 N–H and O–H groups in total. The van der Waals surface area contributed by atoms with Crippen molar-refractivity contribution in [1.82, 2.24) is 9.55 Å². The van der Waals surface area contributed by atoms with Crippen molar-refractivity contribution in [3.8, 4) is 0 Å². The molecule has 0 spiro atoms. The van der Waals surface area contributed by atoms with E-state index >= 15 is 0 Å². The summed E-state index contributed by atoms with van der Waals surface area (Å²) in [7, 11) is 0. The topological polar surface area (TPSA) is 43.8 Å². The van der Waals surface area contributed by atoms with Crippen molar-refractivity contribution in [2.75, 3.05) is 6.54 Å². The smallest absolute Gasteiger partial charge is 0.125 e. The number of nitrogens with zero attached hydrogens (tertiary/aromatic N) is 2. The van der Waals surface area contributed by atoms with Crippen molar-refractivity contribution in [3.63, 3.8) is 0 Å². The van der Waals surface area contributed by atoms with Gasteiger partial charge in [0.15, 0.2) is 0 Å². The van der Waals surface area contributed by atoms with Gasteiger partial charge in [-0.25, -0.2) is 9.37 Å². The normalized spacial score (nSPS) is 13.0. The molecule has 2 aromatic rings. The first-order valence-electron chi connectivity index (χ1n) is 7.54. The molecule has 1 heterocycles. The summed E-state index contributed by atoms with van der Waals surface area (Å²) in [5, 5.41) is 0. The Morgan fingerprint density at radius 1 is 1.30 bits per heavy atom. The Bertz CT molecular complexity index is 562. The highest BCUT2D eigenvalue weighted by molar-refractivity contribution is 5.76. The zero-order valence-corrected chi connectivity index (χ0v) is 12.4. The summed E-state index contributed by atoms with van der Waals surface area (Å²) in [4.78, 5) is 4.60. The van der Waals surface area contributed by atoms with E-state index in [9.17, 15) is 4.39 Å². The Morgan fingerprint density at radius 3 is 2.75 bits per heavy atom. The molecule has 3 nitrogen and oxygen atoms in total. The third-order valence-electron chi connectivity index (χ3n) is 4.03. The minimum absolute atomic E-state index is 0.223. The lowest BCUT2D eigenvalue weighted by molar-refractivity contribution is 0.435. The Kier molecular flexibility index (Phi) is 5.12. The van der Waals surface area contributed by atoms with Crippen LogP contribution < -0.4 is 5.73 Å². The van der Waals surface area contributed by atoms with Gasteiger partial charge in [0.25, 0.3) is 0 Å². The first kappa shape index (κ1) is 15.0. The third-order valence-corrected chi connectivity index (χ3v) is 4.03. The van der Waals surface area contributed by atoms with Crippen molar-refractivity contribution in [3.05, 3.63) is 29.8 Å². The monoisotopic (exact) mass is 277 g/mol. The Labute approximate surface area is 120 Å². The highest BCUT2D eigenvalue weighted by Crippen LogP contribution is 2.21. The first-order valence-corrected chi connectivity index (χ1v) is 7.54. The van der Waals surface area contributed by atoms with Crippen molar-refractivity contribution in [2.45, 2.75) is 46.1 Å². The predicted octanol–water partition coefficient (Wildman–Crippen LogP) is 3.50. The van der Waals surface area contributed by atoms with Crippen LogP contribution in [0.4, 0.5) is 4.39 Å². The van der Waals surface area contributed by atoms with Crippen LogP contribution in [0, 0.1) is 11.7 Å². The molecule has 0 bridgehead atoms. The van der Waals surface area contributed by atoms with Gasteiger partial charge in [0.1, 0.15) is 11.6 Å². The maximum absolute atomic E-state index is 13.3. The molecule has 0 saturated carbocycles. The number of hydrogen-bond donors (Lipinski definition) is 1. The van der Waals surface area contributed by atoms with E-state index in [0.29, 0.717) is 5.92 Å². The van der Waals surface area contributed by atoms with Gasteiger partial charge < -0.3 is 10.3 Å². The minimum Gasteiger partial charge on any atom is -0.330 e. The van der Waals surface area contributed by atoms with Gasteiger partial charge in [-0.2, -0.15) is 0 Å². The van der Waals surface area contributed by atoms with E-state index in [-0.39, 0.29) is 5.82 Å². The van der Waals surface area contributed by atoms with Crippen LogP contribution in [0.1, 0.15) is 38.9 Å². The van der Waals surface area contributed by atoms with E-state index in [0.717, 1.165) is 55.6 Å². The molecule has 2 rings (SSSR count). The average Bonchev–Trinajstić information content (AvgIpc) is 2.79. The molecule has 0 saturated heterocycles. The molecule has 4 heteroatoms. The van der Waals surface area contributed by atoms with Gasteiger partial charge in [-0.15, -0.1) is 0 Å². The van der Waals surface area contributed by atoms with Crippen LogP contribution in [-0.4, -0.2) is 16.1 Å². The summed E-state index contributed by atoms with van der Waals surface area (Å²) < 4.78 is 15.5. The number of imidazole rings is 1. The summed E-state index contributed by atoms with van der Waals surface area (Å²) >= 11 is 0. The molecule has 1 aromatic carbocycles. The van der Waals surface area contributed by atoms with Crippen LogP contribution in [0.5, 0.6) is 0 Å². The average molecular weight is 277 g/mol. The number of halogens is 1. The van der Waals surface area contributed by atoms with Crippen molar-refractivity contribution >= 4 is 11.0 Å². The molecule has 110 valence electrons. The molecule has 0 aliphatic heterocycles. The summed E-state index contributed by atoms with van der Waals surface area (Å²) in [6, 6.07) is 4.84. The zero-order valence-electron chi connectivity index (χ0n) is 12.4. The van der Waals surface area contributed by atoms with Gasteiger partial charge in [-0.1, -0.05) is 13.3 Å². The lowest BCUT2D eigenvalue weighted by Crippen LogP contribution is -2.10. The van der Waals surface area contributed by atoms with E-state index in [1.165, 1.54) is 12.1 Å². The van der Waals surface area contributed by atoms with Crippen LogP contribution in [0.3, 0.4) is 0 Å². The molecule has 1 atom stereocenters. The molecule has 0 fully saturated rings. The van der Waals surface area contributed by atoms with Gasteiger partial charge in [0.05, 0.1) is 11.0 Å². The molecule has 1 aromatic heterocycles. The molecule has 0 amide bonds. The third kappa shape index (κ3) is 3.18. The number of aryl methyl sites for hydroxylation is 2. The van der Waals surface area contributed by atoms with Crippen LogP contribution in [-0.2, 0) is 13.0 Å². The van der Waals surface area contributed by atoms with E-state index < -0.39 is 0 Å². The lowest BCUT2D eigenvalue weighted by Gasteiger charge is -2.13. The second-order valence-electron chi connectivity index (χ2n) is 5.30. The summed E-state index contributed by atoms with van der Waals surface area (Å²) in [6.07, 6.45) is 4.25. The van der Waals surface area contributed by atoms with Gasteiger partial charge in [-0.05, 0) is 44.4 Å². The van der Waals surface area contributed by atoms with Crippen LogP contribution in [0.25, 0.3) is 11.0 Å². The summed E-state index contributed by atoms with van der Waals surface area (Å²) in [5.74, 6) is 1.49. The fraction of sp³-hybridized carbons (Fsp3) is 0.562. The molecular weight excluding hydrogens is 253 g/mol. The van der Waals surface area contributed by atoms with Crippen molar-refractivity contribution in [2.24, 2.45) is 11.7 Å². The van der Waals surface area contributed by atoms with Crippen molar-refractivity contribution < 1.29 is 4.39 Å². The van der Waals surface area contributed by atoms with Crippen LogP contribution in [0.2, 0.25) is 0 Å². The second-order valence-corrected chi connectivity index (χ2v) is 5.30. The second kappa shape index (κ2) is 6.84. The molecular formula is C16H24FN3. The van der Waals surface area contributed by atoms with Crippen LogP contribution >= 0.6 is 0 Å². The van der Waals surface area contributed by atoms with Gasteiger partial charge in [0.2, 0.25) is 0 Å². The standard InChI is InChI=1S/C16H24FN3/c1-3-12(9-10-18)5-8-16-19-14-11-13(17)6-7-15(14)20(16)4-2/h6-7,11-12H,3-5,8-10,18H2,1-2H3. The number of nitrogens with two attached hydrogens (primary N) is 1. The molecule has 1 unspecified atom stereocenters. The quantitative estimate of drug-likeness (QED) is 0.841. The zero-order chi connectivity index (χ0) is 14.5. The number of fused-ring (bicyclic) bond motifs is 1. The van der Waals surface area contributed by atoms with E-state index in [4.69, 9.17) is 5.73 Å². The lowest BCUT2D eigenvalue weighted by atomic mass is 9.96. The maximum Gasteiger partial charge on any atom is 0.125 e. The fourth-order valence-electron chi connectivity index (χ4n) is 2.82. The van der Waals surface area contributed by atoms with Gasteiger partial charge >= 0.3 is 0 Å². The Hall–Kier alpha value is -1.42. The van der Waals surface area contributed by atoms with E-state index in [1.807, 2.05) is 6.07 Å². The van der Waals surface area contributed by atoms with Crippen LogP contribution in [0.15, 0.2) is 18.2 Å². The highest BCUT2D eigenvalue weighted by Gasteiger charge is 2.12. The van der Waals surface area contributed by atoms with Gasteiger partial charge in [-0.3, -0.25) is 0 Å². The highest BCUT2D eigenvalue weighted by atomic mass is 19.1. The molecule has 0 aliphatic carbocycles. The number of aromatic nitrogens is 2. The Balaban J connectivity index is 2.20. The number of hydrogen-bond acceptors (Lipinski definition) is 2. The maximum atomic E-state index is 13.3. The number of rotatable bonds is 7. The van der Waals surface area contributed by atoms with Gasteiger partial charge in [0, 0.05) is 19.0 Å². The van der Waals surface area contributed by atoms with Crippen molar-refractivity contribution in [1.29, 1.82) is 0 Å². The summed E-state index contributed by atoms with van der Waals surface area (Å²) in [6.45, 7) is 5.92. The minimum atomic E-state index is -0.223. The SMILES string of the molecule is CCC(CCN)CCc1nc2cc(F)ccc2n1CC. The van der Waals surface area contributed by atoms with E-state index in [2.05, 4.69) is 23.4 Å². The molecule has 0 radical (unpaired) electrons. The largest absolute Gasteiger partial charge is 0.330 e.